The normalized spacial score (nSPS) is 14.2. The summed E-state index contributed by atoms with van der Waals surface area (Å²) in [5, 5.41) is 6.13. The molecule has 0 saturated heterocycles. The maximum absolute atomic E-state index is 11.8. The first kappa shape index (κ1) is 17.8. The Labute approximate surface area is 134 Å². The van der Waals surface area contributed by atoms with Gasteiger partial charge in [0.05, 0.1) is 12.1 Å². The van der Waals surface area contributed by atoms with E-state index in [4.69, 9.17) is 10.5 Å². The molecule has 118 valence electrons. The Balaban J connectivity index is 2.63. The van der Waals surface area contributed by atoms with Crippen molar-refractivity contribution in [3.05, 3.63) is 28.7 Å². The molecule has 0 radical (unpaired) electrons. The van der Waals surface area contributed by atoms with Gasteiger partial charge in [0.2, 0.25) is 0 Å². The van der Waals surface area contributed by atoms with Crippen LogP contribution in [0, 0.1) is 0 Å². The topological polar surface area (TPSA) is 76.4 Å². The van der Waals surface area contributed by atoms with Crippen molar-refractivity contribution in [2.45, 2.75) is 45.4 Å². The summed E-state index contributed by atoms with van der Waals surface area (Å²) < 4.78 is 6.20. The van der Waals surface area contributed by atoms with Crippen LogP contribution in [0.5, 0.6) is 0 Å². The van der Waals surface area contributed by atoms with E-state index >= 15 is 0 Å². The third-order valence-electron chi connectivity index (χ3n) is 2.82. The van der Waals surface area contributed by atoms with Crippen molar-refractivity contribution in [3.63, 3.8) is 0 Å². The summed E-state index contributed by atoms with van der Waals surface area (Å²) in [5.41, 5.74) is 6.22. The molecule has 4 N–H and O–H groups in total. The van der Waals surface area contributed by atoms with Crippen LogP contribution in [0.25, 0.3) is 0 Å². The van der Waals surface area contributed by atoms with Gasteiger partial charge in [-0.1, -0.05) is 12.1 Å². The summed E-state index contributed by atoms with van der Waals surface area (Å²) >= 11 is 3.48. The highest BCUT2D eigenvalue weighted by atomic mass is 79.9. The van der Waals surface area contributed by atoms with Gasteiger partial charge in [-0.3, -0.25) is 0 Å². The SMILES string of the molecule is CC(NC(=O)OC(C)(C)C)C(CN)Nc1ccccc1Br. The summed E-state index contributed by atoms with van der Waals surface area (Å²) in [5.74, 6) is 0. The summed E-state index contributed by atoms with van der Waals surface area (Å²) in [6.07, 6.45) is -0.442. The molecule has 0 aliphatic heterocycles. The number of benzene rings is 1. The molecule has 2 unspecified atom stereocenters. The average molecular weight is 358 g/mol. The zero-order chi connectivity index (χ0) is 16.0. The summed E-state index contributed by atoms with van der Waals surface area (Å²) in [7, 11) is 0. The molecule has 0 fully saturated rings. The second kappa shape index (κ2) is 7.66. The number of carbonyl (C=O) groups excluding carboxylic acids is 1. The number of anilines is 1. The largest absolute Gasteiger partial charge is 0.444 e. The fourth-order valence-corrected chi connectivity index (χ4v) is 2.16. The number of rotatable bonds is 5. The lowest BCUT2D eigenvalue weighted by molar-refractivity contribution is 0.0504. The van der Waals surface area contributed by atoms with Crippen molar-refractivity contribution in [1.82, 2.24) is 5.32 Å². The number of nitrogens with two attached hydrogens (primary N) is 1. The van der Waals surface area contributed by atoms with E-state index in [9.17, 15) is 4.79 Å². The van der Waals surface area contributed by atoms with Crippen molar-refractivity contribution in [1.29, 1.82) is 0 Å². The van der Waals surface area contributed by atoms with E-state index < -0.39 is 11.7 Å². The lowest BCUT2D eigenvalue weighted by Crippen LogP contribution is -2.49. The molecule has 0 aliphatic carbocycles. The second-order valence-electron chi connectivity index (χ2n) is 5.90. The molecule has 1 aromatic rings. The highest BCUT2D eigenvalue weighted by Crippen LogP contribution is 2.22. The van der Waals surface area contributed by atoms with Crippen LogP contribution in [0.2, 0.25) is 0 Å². The van der Waals surface area contributed by atoms with E-state index in [1.54, 1.807) is 0 Å². The standard InChI is InChI=1S/C15H24BrN3O2/c1-10(18-14(20)21-15(2,3)4)13(9-17)19-12-8-6-5-7-11(12)16/h5-8,10,13,19H,9,17H2,1-4H3,(H,18,20). The van der Waals surface area contributed by atoms with Crippen LogP contribution in [0.15, 0.2) is 28.7 Å². The Morgan fingerprint density at radius 1 is 1.38 bits per heavy atom. The number of hydrogen-bond acceptors (Lipinski definition) is 4. The first-order chi connectivity index (χ1) is 9.73. The smallest absolute Gasteiger partial charge is 0.407 e. The van der Waals surface area contributed by atoms with Crippen molar-refractivity contribution < 1.29 is 9.53 Å². The van der Waals surface area contributed by atoms with Gasteiger partial charge in [0.1, 0.15) is 5.60 Å². The van der Waals surface area contributed by atoms with Gasteiger partial charge >= 0.3 is 6.09 Å². The molecule has 0 heterocycles. The van der Waals surface area contributed by atoms with Crippen LogP contribution in [-0.4, -0.2) is 30.3 Å². The zero-order valence-electron chi connectivity index (χ0n) is 12.9. The Morgan fingerprint density at radius 3 is 2.52 bits per heavy atom. The van der Waals surface area contributed by atoms with E-state index in [0.29, 0.717) is 6.54 Å². The summed E-state index contributed by atoms with van der Waals surface area (Å²) in [4.78, 5) is 11.8. The summed E-state index contributed by atoms with van der Waals surface area (Å²) in [6, 6.07) is 7.50. The predicted molar refractivity (Wildman–Crippen MR) is 89.4 cm³/mol. The van der Waals surface area contributed by atoms with Gasteiger partial charge in [0.25, 0.3) is 0 Å². The van der Waals surface area contributed by atoms with Crippen LogP contribution < -0.4 is 16.4 Å². The van der Waals surface area contributed by atoms with Gasteiger partial charge in [-0.05, 0) is 55.8 Å². The zero-order valence-corrected chi connectivity index (χ0v) is 14.5. The molecule has 6 heteroatoms. The van der Waals surface area contributed by atoms with Crippen LogP contribution in [-0.2, 0) is 4.74 Å². The van der Waals surface area contributed by atoms with Gasteiger partial charge in [-0.25, -0.2) is 4.79 Å². The molecule has 0 aliphatic rings. The molecule has 5 nitrogen and oxygen atoms in total. The van der Waals surface area contributed by atoms with Gasteiger partial charge < -0.3 is 21.1 Å². The van der Waals surface area contributed by atoms with E-state index in [2.05, 4.69) is 26.6 Å². The van der Waals surface area contributed by atoms with Crippen molar-refractivity contribution in [2.24, 2.45) is 5.73 Å². The van der Waals surface area contributed by atoms with Crippen LogP contribution in [0.1, 0.15) is 27.7 Å². The van der Waals surface area contributed by atoms with Gasteiger partial charge in [0.15, 0.2) is 0 Å². The number of alkyl carbamates (subject to hydrolysis) is 1. The molecule has 0 aromatic heterocycles. The van der Waals surface area contributed by atoms with E-state index in [0.717, 1.165) is 10.2 Å². The van der Waals surface area contributed by atoms with Gasteiger partial charge in [0, 0.05) is 16.7 Å². The lowest BCUT2D eigenvalue weighted by atomic mass is 10.1. The fourth-order valence-electron chi connectivity index (χ4n) is 1.76. The minimum atomic E-state index is -0.516. The highest BCUT2D eigenvalue weighted by molar-refractivity contribution is 9.10. The minimum Gasteiger partial charge on any atom is -0.444 e. The highest BCUT2D eigenvalue weighted by Gasteiger charge is 2.22. The monoisotopic (exact) mass is 357 g/mol. The van der Waals surface area contributed by atoms with Crippen LogP contribution in [0.3, 0.4) is 0 Å². The molecule has 0 spiro atoms. The van der Waals surface area contributed by atoms with Crippen LogP contribution in [0.4, 0.5) is 10.5 Å². The number of ether oxygens (including phenoxy) is 1. The number of carbonyl (C=O) groups is 1. The predicted octanol–water partition coefficient (Wildman–Crippen LogP) is 3.10. The number of para-hydroxylation sites is 1. The minimum absolute atomic E-state index is 0.101. The quantitative estimate of drug-likeness (QED) is 0.756. The number of halogens is 1. The van der Waals surface area contributed by atoms with Gasteiger partial charge in [-0.15, -0.1) is 0 Å². The number of nitrogens with one attached hydrogen (secondary N) is 2. The van der Waals surface area contributed by atoms with Crippen molar-refractivity contribution in [2.75, 3.05) is 11.9 Å². The second-order valence-corrected chi connectivity index (χ2v) is 6.76. The number of amides is 1. The van der Waals surface area contributed by atoms with Gasteiger partial charge in [-0.2, -0.15) is 0 Å². The average Bonchev–Trinajstić information content (AvgIpc) is 2.35. The molecular formula is C15H24BrN3O2. The fraction of sp³-hybridized carbons (Fsp3) is 0.533. The lowest BCUT2D eigenvalue weighted by Gasteiger charge is -2.27. The summed E-state index contributed by atoms with van der Waals surface area (Å²) in [6.45, 7) is 7.77. The van der Waals surface area contributed by atoms with E-state index in [1.807, 2.05) is 52.0 Å². The first-order valence-corrected chi connectivity index (χ1v) is 7.73. The molecule has 1 aromatic carbocycles. The Bertz CT molecular complexity index is 474. The molecule has 2 atom stereocenters. The van der Waals surface area contributed by atoms with Crippen molar-refractivity contribution >= 4 is 27.7 Å². The Hall–Kier alpha value is -1.27. The van der Waals surface area contributed by atoms with E-state index in [-0.39, 0.29) is 12.1 Å². The molecule has 0 bridgehead atoms. The maximum Gasteiger partial charge on any atom is 0.407 e. The van der Waals surface area contributed by atoms with Crippen molar-refractivity contribution in [3.8, 4) is 0 Å². The third-order valence-corrected chi connectivity index (χ3v) is 3.51. The first-order valence-electron chi connectivity index (χ1n) is 6.93. The molecular weight excluding hydrogens is 334 g/mol. The third kappa shape index (κ3) is 6.35. The molecule has 21 heavy (non-hydrogen) atoms. The van der Waals surface area contributed by atoms with Crippen LogP contribution >= 0.6 is 15.9 Å². The molecule has 1 amide bonds. The Morgan fingerprint density at radius 2 is 2.00 bits per heavy atom. The molecule has 0 saturated carbocycles. The van der Waals surface area contributed by atoms with E-state index in [1.165, 1.54) is 0 Å². The number of hydrogen-bond donors (Lipinski definition) is 3. The molecule has 1 rings (SSSR count). The Kier molecular flexibility index (Phi) is 6.48. The maximum atomic E-state index is 11.8.